The first-order valence-corrected chi connectivity index (χ1v) is 14.1. The largest absolute Gasteiger partial charge is 0.459 e. The van der Waals surface area contributed by atoms with Gasteiger partial charge in [0.15, 0.2) is 0 Å². The molecule has 1 aliphatic rings. The van der Waals surface area contributed by atoms with Crippen LogP contribution in [0.3, 0.4) is 0 Å². The van der Waals surface area contributed by atoms with E-state index in [0.29, 0.717) is 11.5 Å². The Kier molecular flexibility index (Phi) is 7.67. The molecule has 1 aliphatic heterocycles. The van der Waals surface area contributed by atoms with Crippen LogP contribution in [-0.2, 0) is 24.8 Å². The van der Waals surface area contributed by atoms with Gasteiger partial charge in [-0.1, -0.05) is 93.6 Å². The molecule has 4 nitrogen and oxygen atoms in total. The third-order valence-electron chi connectivity index (χ3n) is 5.72. The van der Waals surface area contributed by atoms with Crippen molar-refractivity contribution >= 4 is 35.5 Å². The molecule has 3 rings (SSSR count). The lowest BCUT2D eigenvalue weighted by Crippen LogP contribution is -2.67. The quantitative estimate of drug-likeness (QED) is 0.364. The highest BCUT2D eigenvalue weighted by atomic mass is 32.2. The third-order valence-corrected chi connectivity index (χ3v) is 12.0. The molecule has 1 heterocycles. The fourth-order valence-corrected chi connectivity index (χ4v) is 10.1. The first-order valence-electron chi connectivity index (χ1n) is 10.7. The van der Waals surface area contributed by atoms with Crippen LogP contribution >= 0.6 is 0 Å². The van der Waals surface area contributed by atoms with Crippen LogP contribution < -0.4 is 10.4 Å². The number of hydrogen-bond acceptors (Lipinski definition) is 4. The summed E-state index contributed by atoms with van der Waals surface area (Å²) in [5, 5.41) is 2.19. The predicted octanol–water partition coefficient (Wildman–Crippen LogP) is 3.43. The van der Waals surface area contributed by atoms with Crippen LogP contribution in [0.5, 0.6) is 0 Å². The molecule has 0 saturated carbocycles. The number of hydrogen-bond donors (Lipinski definition) is 0. The van der Waals surface area contributed by atoms with E-state index in [2.05, 4.69) is 45.0 Å². The lowest BCUT2D eigenvalue weighted by atomic mass is 10.0. The van der Waals surface area contributed by atoms with Gasteiger partial charge in [-0.15, -0.1) is 0 Å². The van der Waals surface area contributed by atoms with E-state index in [1.165, 1.54) is 17.3 Å². The Morgan fingerprint density at radius 2 is 1.61 bits per heavy atom. The molecule has 2 aromatic carbocycles. The first-order chi connectivity index (χ1) is 14.7. The summed E-state index contributed by atoms with van der Waals surface area (Å²) < 4.78 is 24.8. The number of benzene rings is 2. The standard InChI is InChI=1S/C25H32O4SSi/c1-20(26)29-24(21-12-11-17-30(27)19-21)18-28-31(25(2,3)4,22-13-7-5-8-14-22)23-15-9-6-10-16-23/h5-16,21,24H,17-19H2,1-4H3/t21-,24-,30?/m0/s1. The number of esters is 1. The van der Waals surface area contributed by atoms with Gasteiger partial charge >= 0.3 is 5.97 Å². The van der Waals surface area contributed by atoms with Crippen LogP contribution in [0.15, 0.2) is 72.8 Å². The fourth-order valence-electron chi connectivity index (χ4n) is 4.33. The maximum atomic E-state index is 12.2. The van der Waals surface area contributed by atoms with Crippen molar-refractivity contribution in [2.24, 2.45) is 5.92 Å². The molecule has 0 radical (unpaired) electrons. The summed E-state index contributed by atoms with van der Waals surface area (Å²) in [6.07, 6.45) is 3.47. The molecule has 3 atom stereocenters. The summed E-state index contributed by atoms with van der Waals surface area (Å²) in [6, 6.07) is 20.8. The van der Waals surface area contributed by atoms with Gasteiger partial charge in [-0.3, -0.25) is 9.00 Å². The Hall–Kier alpha value is -2.02. The van der Waals surface area contributed by atoms with E-state index in [1.54, 1.807) is 0 Å². The summed E-state index contributed by atoms with van der Waals surface area (Å²) in [4.78, 5) is 11.9. The number of carbonyl (C=O) groups is 1. The molecule has 2 aromatic rings. The van der Waals surface area contributed by atoms with Crippen LogP contribution in [-0.4, -0.2) is 42.7 Å². The molecule has 0 spiro atoms. The SMILES string of the molecule is CC(=O)O[C@@H](CO[Si](c1ccccc1)(c1ccccc1)C(C)(C)C)[C@H]1C=CCS(=O)C1. The minimum atomic E-state index is -2.73. The molecule has 166 valence electrons. The van der Waals surface area contributed by atoms with Gasteiger partial charge in [0.05, 0.1) is 6.61 Å². The van der Waals surface area contributed by atoms with Crippen molar-refractivity contribution in [2.45, 2.75) is 38.8 Å². The summed E-state index contributed by atoms with van der Waals surface area (Å²) in [6.45, 7) is 8.33. The second kappa shape index (κ2) is 10.1. The van der Waals surface area contributed by atoms with Crippen LogP contribution in [0.2, 0.25) is 5.04 Å². The minimum absolute atomic E-state index is 0.114. The van der Waals surface area contributed by atoms with E-state index in [0.717, 1.165) is 0 Å². The van der Waals surface area contributed by atoms with Crippen molar-refractivity contribution in [3.05, 3.63) is 72.8 Å². The van der Waals surface area contributed by atoms with Gasteiger partial charge in [-0.05, 0) is 15.4 Å². The molecule has 6 heteroatoms. The molecule has 0 bridgehead atoms. The summed E-state index contributed by atoms with van der Waals surface area (Å²) in [7, 11) is -3.68. The van der Waals surface area contributed by atoms with Crippen LogP contribution in [0, 0.1) is 5.92 Å². The maximum Gasteiger partial charge on any atom is 0.303 e. The van der Waals surface area contributed by atoms with E-state index in [4.69, 9.17) is 9.16 Å². The van der Waals surface area contributed by atoms with Gasteiger partial charge in [-0.25, -0.2) is 0 Å². The topological polar surface area (TPSA) is 52.6 Å². The Morgan fingerprint density at radius 3 is 2.06 bits per heavy atom. The molecule has 0 aromatic heterocycles. The monoisotopic (exact) mass is 456 g/mol. The average molecular weight is 457 g/mol. The third kappa shape index (κ3) is 5.43. The van der Waals surface area contributed by atoms with Crippen molar-refractivity contribution in [3.8, 4) is 0 Å². The molecule has 0 fully saturated rings. The van der Waals surface area contributed by atoms with Crippen molar-refractivity contribution < 1.29 is 18.2 Å². The lowest BCUT2D eigenvalue weighted by molar-refractivity contribution is -0.149. The molecule has 1 unspecified atom stereocenters. The summed E-state index contributed by atoms with van der Waals surface area (Å²) in [5.41, 5.74) is 0. The number of ether oxygens (including phenoxy) is 1. The highest BCUT2D eigenvalue weighted by Gasteiger charge is 2.50. The second-order valence-corrected chi connectivity index (χ2v) is 14.8. The maximum absolute atomic E-state index is 12.2. The fraction of sp³-hybridized carbons (Fsp3) is 0.400. The Bertz CT molecular complexity index is 882. The molecular formula is C25H32O4SSi. The Balaban J connectivity index is 2.03. The van der Waals surface area contributed by atoms with Gasteiger partial charge in [0, 0.05) is 35.1 Å². The van der Waals surface area contributed by atoms with E-state index in [9.17, 15) is 9.00 Å². The molecule has 0 saturated heterocycles. The first kappa shape index (κ1) is 23.6. The Morgan fingerprint density at radius 1 is 1.06 bits per heavy atom. The zero-order valence-electron chi connectivity index (χ0n) is 18.7. The summed E-state index contributed by atoms with van der Waals surface area (Å²) >= 11 is 0. The van der Waals surface area contributed by atoms with Crippen molar-refractivity contribution in [3.63, 3.8) is 0 Å². The molecular weight excluding hydrogens is 424 g/mol. The Labute approximate surface area is 189 Å². The van der Waals surface area contributed by atoms with Crippen molar-refractivity contribution in [2.75, 3.05) is 18.1 Å². The molecule has 0 amide bonds. The van der Waals surface area contributed by atoms with E-state index < -0.39 is 25.2 Å². The highest BCUT2D eigenvalue weighted by molar-refractivity contribution is 7.85. The summed E-state index contributed by atoms with van der Waals surface area (Å²) in [5.74, 6) is 0.578. The smallest absolute Gasteiger partial charge is 0.303 e. The van der Waals surface area contributed by atoms with Gasteiger partial charge in [-0.2, -0.15) is 0 Å². The lowest BCUT2D eigenvalue weighted by Gasteiger charge is -2.44. The zero-order valence-corrected chi connectivity index (χ0v) is 20.6. The number of rotatable bonds is 7. The average Bonchev–Trinajstić information content (AvgIpc) is 2.73. The zero-order chi connectivity index (χ0) is 22.5. The second-order valence-electron chi connectivity index (χ2n) is 8.99. The van der Waals surface area contributed by atoms with E-state index >= 15 is 0 Å². The molecule has 0 aliphatic carbocycles. The van der Waals surface area contributed by atoms with E-state index in [1.807, 2.05) is 48.6 Å². The van der Waals surface area contributed by atoms with Crippen LogP contribution in [0.25, 0.3) is 0 Å². The normalized spacial score (nSPS) is 20.3. The minimum Gasteiger partial charge on any atom is -0.459 e. The molecule has 0 N–H and O–H groups in total. The highest BCUT2D eigenvalue weighted by Crippen LogP contribution is 2.37. The van der Waals surface area contributed by atoms with Gasteiger partial charge in [0.25, 0.3) is 8.32 Å². The van der Waals surface area contributed by atoms with Crippen LogP contribution in [0.1, 0.15) is 27.7 Å². The van der Waals surface area contributed by atoms with Crippen molar-refractivity contribution in [1.82, 2.24) is 0 Å². The van der Waals surface area contributed by atoms with Crippen LogP contribution in [0.4, 0.5) is 0 Å². The van der Waals surface area contributed by atoms with Gasteiger partial charge in [0.2, 0.25) is 0 Å². The van der Waals surface area contributed by atoms with Crippen molar-refractivity contribution in [1.29, 1.82) is 0 Å². The predicted molar refractivity (Wildman–Crippen MR) is 130 cm³/mol. The molecule has 31 heavy (non-hydrogen) atoms. The van der Waals surface area contributed by atoms with Gasteiger partial charge < -0.3 is 9.16 Å². The van der Waals surface area contributed by atoms with Gasteiger partial charge in [0.1, 0.15) is 6.10 Å². The van der Waals surface area contributed by atoms with E-state index in [-0.39, 0.29) is 23.5 Å². The number of carbonyl (C=O) groups excluding carboxylic acids is 1.